The molecule has 0 fully saturated rings. The van der Waals surface area contributed by atoms with Crippen molar-refractivity contribution in [1.29, 1.82) is 0 Å². The Bertz CT molecular complexity index is 651. The molecule has 0 saturated carbocycles. The van der Waals surface area contributed by atoms with E-state index in [0.717, 1.165) is 11.1 Å². The highest BCUT2D eigenvalue weighted by Gasteiger charge is 2.39. The zero-order valence-corrected chi connectivity index (χ0v) is 12.1. The van der Waals surface area contributed by atoms with Crippen molar-refractivity contribution in [3.8, 4) is 11.5 Å². The van der Waals surface area contributed by atoms with Crippen LogP contribution in [-0.2, 0) is 5.41 Å². The molecule has 1 atom stereocenters. The molecule has 3 nitrogen and oxygen atoms in total. The maximum absolute atomic E-state index is 9.87. The van der Waals surface area contributed by atoms with Crippen LogP contribution in [0.2, 0.25) is 0 Å². The van der Waals surface area contributed by atoms with Crippen LogP contribution in [0.1, 0.15) is 11.1 Å². The van der Waals surface area contributed by atoms with E-state index in [-0.39, 0.29) is 24.0 Å². The van der Waals surface area contributed by atoms with Crippen molar-refractivity contribution in [2.45, 2.75) is 5.41 Å². The molecule has 1 aliphatic rings. The topological polar surface area (TPSA) is 60.7 Å². The fourth-order valence-corrected chi connectivity index (χ4v) is 3.15. The number of phenols is 2. The van der Waals surface area contributed by atoms with Gasteiger partial charge in [0.15, 0.2) is 0 Å². The van der Waals surface area contributed by atoms with Crippen LogP contribution in [0.3, 0.4) is 0 Å². The third-order valence-electron chi connectivity index (χ3n) is 4.29. The molecule has 22 heavy (non-hydrogen) atoms. The number of rotatable bonds is 3. The molecule has 3 N–H and O–H groups in total. The first kappa shape index (κ1) is 14.4. The number of benzene rings is 2. The van der Waals surface area contributed by atoms with Crippen molar-refractivity contribution in [2.24, 2.45) is 5.92 Å². The molecule has 0 radical (unpaired) electrons. The molecule has 0 heterocycles. The maximum Gasteiger partial charge on any atom is 0.115 e. The van der Waals surface area contributed by atoms with Crippen molar-refractivity contribution in [2.75, 3.05) is 6.61 Å². The van der Waals surface area contributed by atoms with E-state index in [2.05, 4.69) is 6.08 Å². The summed E-state index contributed by atoms with van der Waals surface area (Å²) in [6.07, 6.45) is 7.94. The standard InChI is InChI=1S/C19H18O3/c20-13-16-3-1-2-12-19(16,14-4-8-17(21)9-5-14)15-6-10-18(22)11-7-15/h1-12,16,20-22H,13H2. The highest BCUT2D eigenvalue weighted by Crippen LogP contribution is 2.43. The quantitative estimate of drug-likeness (QED) is 0.815. The molecule has 1 aliphatic carbocycles. The van der Waals surface area contributed by atoms with Crippen molar-refractivity contribution in [1.82, 2.24) is 0 Å². The third-order valence-corrected chi connectivity index (χ3v) is 4.29. The summed E-state index contributed by atoms with van der Waals surface area (Å²) >= 11 is 0. The molecule has 0 bridgehead atoms. The van der Waals surface area contributed by atoms with E-state index in [1.807, 2.05) is 42.5 Å². The number of hydrogen-bond donors (Lipinski definition) is 3. The van der Waals surface area contributed by atoms with E-state index in [4.69, 9.17) is 0 Å². The van der Waals surface area contributed by atoms with Crippen LogP contribution in [0, 0.1) is 5.92 Å². The Hall–Kier alpha value is -2.52. The summed E-state index contributed by atoms with van der Waals surface area (Å²) in [5.74, 6) is 0.299. The molecule has 0 saturated heterocycles. The smallest absolute Gasteiger partial charge is 0.115 e. The van der Waals surface area contributed by atoms with Crippen molar-refractivity contribution >= 4 is 0 Å². The molecule has 0 spiro atoms. The Morgan fingerprint density at radius 1 is 0.773 bits per heavy atom. The fraction of sp³-hybridized carbons (Fsp3) is 0.158. The van der Waals surface area contributed by atoms with Crippen molar-refractivity contribution in [3.63, 3.8) is 0 Å². The van der Waals surface area contributed by atoms with Crippen LogP contribution in [0.5, 0.6) is 11.5 Å². The highest BCUT2D eigenvalue weighted by atomic mass is 16.3. The van der Waals surface area contributed by atoms with E-state index in [1.54, 1.807) is 24.3 Å². The van der Waals surface area contributed by atoms with E-state index < -0.39 is 5.41 Å². The Labute approximate surface area is 129 Å². The van der Waals surface area contributed by atoms with E-state index in [9.17, 15) is 15.3 Å². The number of aliphatic hydroxyl groups excluding tert-OH is 1. The summed E-state index contributed by atoms with van der Waals surface area (Å²) in [6.45, 7) is 0.00257. The van der Waals surface area contributed by atoms with Gasteiger partial charge in [-0.1, -0.05) is 48.6 Å². The van der Waals surface area contributed by atoms with Gasteiger partial charge in [0.2, 0.25) is 0 Å². The van der Waals surface area contributed by atoms with Crippen LogP contribution >= 0.6 is 0 Å². The SMILES string of the molecule is OCC1C=CC=CC1(c1ccc(O)cc1)c1ccc(O)cc1. The van der Waals surface area contributed by atoms with E-state index in [0.29, 0.717) is 0 Å². The van der Waals surface area contributed by atoms with Crippen LogP contribution in [0.15, 0.2) is 72.8 Å². The van der Waals surface area contributed by atoms with Gasteiger partial charge < -0.3 is 15.3 Å². The van der Waals surface area contributed by atoms with E-state index in [1.165, 1.54) is 0 Å². The van der Waals surface area contributed by atoms with Crippen LogP contribution in [-0.4, -0.2) is 21.9 Å². The molecule has 2 aromatic rings. The zero-order valence-electron chi connectivity index (χ0n) is 12.1. The molecule has 0 aliphatic heterocycles. The largest absolute Gasteiger partial charge is 0.508 e. The first-order chi connectivity index (χ1) is 10.7. The predicted molar refractivity (Wildman–Crippen MR) is 85.8 cm³/mol. The lowest BCUT2D eigenvalue weighted by Gasteiger charge is -2.39. The normalized spacial score (nSPS) is 19.2. The molecule has 0 amide bonds. The minimum atomic E-state index is -0.523. The lowest BCUT2D eigenvalue weighted by atomic mass is 9.64. The molecular formula is C19H18O3. The summed E-state index contributed by atoms with van der Waals surface area (Å²) in [5.41, 5.74) is 1.44. The Balaban J connectivity index is 2.21. The molecular weight excluding hydrogens is 276 g/mol. The van der Waals surface area contributed by atoms with Gasteiger partial charge in [0.05, 0.1) is 6.61 Å². The van der Waals surface area contributed by atoms with Gasteiger partial charge in [-0.3, -0.25) is 0 Å². The molecule has 112 valence electrons. The van der Waals surface area contributed by atoms with Crippen LogP contribution in [0.4, 0.5) is 0 Å². The van der Waals surface area contributed by atoms with Gasteiger partial charge >= 0.3 is 0 Å². The summed E-state index contributed by atoms with van der Waals surface area (Å²) in [6, 6.07) is 14.1. The second-order valence-corrected chi connectivity index (χ2v) is 5.50. The maximum atomic E-state index is 9.87. The summed E-state index contributed by atoms with van der Waals surface area (Å²) in [7, 11) is 0. The molecule has 3 heteroatoms. The first-order valence-electron chi connectivity index (χ1n) is 7.23. The van der Waals surface area contributed by atoms with Gasteiger partial charge in [0.1, 0.15) is 11.5 Å². The number of allylic oxidation sites excluding steroid dienone is 3. The molecule has 2 aromatic carbocycles. The van der Waals surface area contributed by atoms with Gasteiger partial charge in [-0.25, -0.2) is 0 Å². The lowest BCUT2D eigenvalue weighted by molar-refractivity contribution is 0.219. The Kier molecular flexibility index (Phi) is 3.73. The average molecular weight is 294 g/mol. The number of hydrogen-bond acceptors (Lipinski definition) is 3. The van der Waals surface area contributed by atoms with Gasteiger partial charge in [-0.05, 0) is 35.4 Å². The minimum Gasteiger partial charge on any atom is -0.508 e. The van der Waals surface area contributed by atoms with Gasteiger partial charge in [0.25, 0.3) is 0 Å². The van der Waals surface area contributed by atoms with Gasteiger partial charge in [0, 0.05) is 11.3 Å². The molecule has 1 unspecified atom stereocenters. The van der Waals surface area contributed by atoms with Crippen LogP contribution in [0.25, 0.3) is 0 Å². The zero-order chi connectivity index (χ0) is 15.6. The van der Waals surface area contributed by atoms with Gasteiger partial charge in [-0.2, -0.15) is 0 Å². The number of phenolic OH excluding ortho intramolecular Hbond substituents is 2. The number of aliphatic hydroxyl groups is 1. The number of aromatic hydroxyl groups is 2. The minimum absolute atomic E-state index is 0.00257. The molecule has 3 rings (SSSR count). The van der Waals surface area contributed by atoms with Crippen LogP contribution < -0.4 is 0 Å². The second kappa shape index (κ2) is 5.70. The summed E-state index contributed by atoms with van der Waals surface area (Å²) < 4.78 is 0. The summed E-state index contributed by atoms with van der Waals surface area (Å²) in [4.78, 5) is 0. The van der Waals surface area contributed by atoms with Gasteiger partial charge in [-0.15, -0.1) is 0 Å². The third kappa shape index (κ3) is 2.30. The monoisotopic (exact) mass is 294 g/mol. The predicted octanol–water partition coefficient (Wildman–Crippen LogP) is 3.12. The second-order valence-electron chi connectivity index (χ2n) is 5.50. The highest BCUT2D eigenvalue weighted by molar-refractivity contribution is 5.51. The van der Waals surface area contributed by atoms with Crippen molar-refractivity contribution < 1.29 is 15.3 Å². The first-order valence-corrected chi connectivity index (χ1v) is 7.23. The van der Waals surface area contributed by atoms with E-state index >= 15 is 0 Å². The Morgan fingerprint density at radius 2 is 1.27 bits per heavy atom. The fourth-order valence-electron chi connectivity index (χ4n) is 3.15. The molecule has 0 aromatic heterocycles. The van der Waals surface area contributed by atoms with Crippen molar-refractivity contribution in [3.05, 3.63) is 84.0 Å². The Morgan fingerprint density at radius 3 is 1.73 bits per heavy atom. The lowest BCUT2D eigenvalue weighted by Crippen LogP contribution is -2.37. The summed E-state index contributed by atoms with van der Waals surface area (Å²) in [5, 5.41) is 29.0. The average Bonchev–Trinajstić information content (AvgIpc) is 2.56.